The number of phenolic OH excluding ortho intramolecular Hbond substituents is 1. The predicted octanol–water partition coefficient (Wildman–Crippen LogP) is 2.79. The molecule has 0 heterocycles. The lowest BCUT2D eigenvalue weighted by Gasteiger charge is -2.23. The van der Waals surface area contributed by atoms with E-state index in [1.54, 1.807) is 18.2 Å². The number of rotatable bonds is 3. The van der Waals surface area contributed by atoms with E-state index in [1.807, 2.05) is 33.8 Å². The largest absolute Gasteiger partial charge is 0.507 e. The topological polar surface area (TPSA) is 49.3 Å². The Morgan fingerprint density at radius 1 is 1.35 bits per heavy atom. The van der Waals surface area contributed by atoms with E-state index in [2.05, 4.69) is 5.32 Å². The lowest BCUT2D eigenvalue weighted by atomic mass is 10.1. The number of phenols is 1. The zero-order valence-electron chi connectivity index (χ0n) is 10.7. The molecular weight excluding hydrogens is 234 g/mol. The Balaban J connectivity index is 2.64. The van der Waals surface area contributed by atoms with Gasteiger partial charge in [0.25, 0.3) is 0 Å². The number of nitrogens with one attached hydrogen (secondary N) is 1. The molecule has 0 bridgehead atoms. The first-order valence-corrected chi connectivity index (χ1v) is 6.44. The Morgan fingerprint density at radius 2 is 1.94 bits per heavy atom. The number of carbonyl (C=O) groups excluding carboxylic acids is 1. The molecule has 0 saturated carbocycles. The highest BCUT2D eigenvalue weighted by atomic mass is 32.2. The number of thioether (sulfide) groups is 1. The average Bonchev–Trinajstić information content (AvgIpc) is 2.18. The van der Waals surface area contributed by atoms with Crippen molar-refractivity contribution in [3.63, 3.8) is 0 Å². The summed E-state index contributed by atoms with van der Waals surface area (Å²) in [6, 6.07) is 7.04. The highest BCUT2D eigenvalue weighted by Gasteiger charge is 2.20. The van der Waals surface area contributed by atoms with Crippen LogP contribution >= 0.6 is 11.8 Å². The number of hydrogen-bond acceptors (Lipinski definition) is 3. The van der Waals surface area contributed by atoms with Crippen LogP contribution in [0.5, 0.6) is 5.75 Å². The van der Waals surface area contributed by atoms with Crippen molar-refractivity contribution in [2.75, 3.05) is 0 Å². The zero-order chi connectivity index (χ0) is 13.1. The summed E-state index contributed by atoms with van der Waals surface area (Å²) in [6.07, 6.45) is 0. The van der Waals surface area contributed by atoms with Gasteiger partial charge in [0.05, 0.1) is 5.25 Å². The fourth-order valence-corrected chi connectivity index (χ4v) is 2.16. The Hall–Kier alpha value is -1.16. The number of benzene rings is 1. The Kier molecular flexibility index (Phi) is 4.46. The van der Waals surface area contributed by atoms with Crippen molar-refractivity contribution >= 4 is 17.7 Å². The smallest absolute Gasteiger partial charge is 0.233 e. The van der Waals surface area contributed by atoms with Crippen molar-refractivity contribution in [1.82, 2.24) is 5.32 Å². The van der Waals surface area contributed by atoms with Crippen molar-refractivity contribution in [3.8, 4) is 5.75 Å². The second kappa shape index (κ2) is 5.45. The molecule has 1 unspecified atom stereocenters. The van der Waals surface area contributed by atoms with Crippen molar-refractivity contribution in [3.05, 3.63) is 24.3 Å². The molecule has 0 aromatic heterocycles. The normalized spacial score (nSPS) is 13.2. The van der Waals surface area contributed by atoms with Gasteiger partial charge in [0.15, 0.2) is 0 Å². The lowest BCUT2D eigenvalue weighted by molar-refractivity contribution is -0.121. The Labute approximate surface area is 107 Å². The van der Waals surface area contributed by atoms with Crippen LogP contribution in [-0.2, 0) is 4.79 Å². The first kappa shape index (κ1) is 13.9. The third-order valence-electron chi connectivity index (χ3n) is 2.04. The fraction of sp³-hybridized carbons (Fsp3) is 0.462. The third-order valence-corrected chi connectivity index (χ3v) is 3.20. The van der Waals surface area contributed by atoms with Crippen LogP contribution in [0.15, 0.2) is 29.2 Å². The monoisotopic (exact) mass is 253 g/mol. The summed E-state index contributed by atoms with van der Waals surface area (Å²) in [7, 11) is 0. The van der Waals surface area contributed by atoms with Gasteiger partial charge in [-0.05, 0) is 39.8 Å². The minimum absolute atomic E-state index is 0.0225. The van der Waals surface area contributed by atoms with Gasteiger partial charge in [0, 0.05) is 10.4 Å². The molecule has 1 aromatic rings. The van der Waals surface area contributed by atoms with E-state index >= 15 is 0 Å². The zero-order valence-corrected chi connectivity index (χ0v) is 11.5. The third kappa shape index (κ3) is 4.69. The molecule has 1 aromatic carbocycles. The van der Waals surface area contributed by atoms with Crippen molar-refractivity contribution < 1.29 is 9.90 Å². The number of amides is 1. The highest BCUT2D eigenvalue weighted by molar-refractivity contribution is 8.00. The van der Waals surface area contributed by atoms with Crippen LogP contribution in [0, 0.1) is 0 Å². The van der Waals surface area contributed by atoms with E-state index in [4.69, 9.17) is 0 Å². The predicted molar refractivity (Wildman–Crippen MR) is 71.3 cm³/mol. The molecule has 0 radical (unpaired) electrons. The summed E-state index contributed by atoms with van der Waals surface area (Å²) in [6.45, 7) is 7.67. The molecule has 0 spiro atoms. The van der Waals surface area contributed by atoms with Crippen LogP contribution in [0.3, 0.4) is 0 Å². The van der Waals surface area contributed by atoms with Crippen LogP contribution < -0.4 is 5.32 Å². The van der Waals surface area contributed by atoms with Crippen LogP contribution in [0.4, 0.5) is 0 Å². The Morgan fingerprint density at radius 3 is 2.47 bits per heavy atom. The number of aromatic hydroxyl groups is 1. The molecule has 1 amide bonds. The maximum atomic E-state index is 11.9. The molecule has 17 heavy (non-hydrogen) atoms. The number of carbonyl (C=O) groups is 1. The molecule has 1 rings (SSSR count). The standard InChI is InChI=1S/C13H19NO2S/c1-9(12(16)14-13(2,3)4)17-11-8-6-5-7-10(11)15/h5-9,15H,1-4H3,(H,14,16). The quantitative estimate of drug-likeness (QED) is 0.814. The maximum absolute atomic E-state index is 11.9. The van der Waals surface area contributed by atoms with E-state index in [0.29, 0.717) is 0 Å². The first-order valence-electron chi connectivity index (χ1n) is 5.56. The second-order valence-corrected chi connectivity index (χ2v) is 6.35. The summed E-state index contributed by atoms with van der Waals surface area (Å²) in [5, 5.41) is 12.3. The van der Waals surface area contributed by atoms with Gasteiger partial charge in [-0.1, -0.05) is 12.1 Å². The molecule has 0 fully saturated rings. The summed E-state index contributed by atoms with van der Waals surface area (Å²) in [5.41, 5.74) is -0.232. The van der Waals surface area contributed by atoms with Gasteiger partial charge < -0.3 is 10.4 Å². The molecule has 2 N–H and O–H groups in total. The number of hydrogen-bond donors (Lipinski definition) is 2. The summed E-state index contributed by atoms with van der Waals surface area (Å²) >= 11 is 1.36. The van der Waals surface area contributed by atoms with Gasteiger partial charge in [-0.15, -0.1) is 11.8 Å². The van der Waals surface area contributed by atoms with Crippen LogP contribution in [-0.4, -0.2) is 21.8 Å². The van der Waals surface area contributed by atoms with Gasteiger partial charge in [0.1, 0.15) is 5.75 Å². The van der Waals surface area contributed by atoms with Crippen molar-refractivity contribution in [2.24, 2.45) is 0 Å². The van der Waals surface area contributed by atoms with Crippen LogP contribution in [0.25, 0.3) is 0 Å². The van der Waals surface area contributed by atoms with Crippen molar-refractivity contribution in [1.29, 1.82) is 0 Å². The summed E-state index contributed by atoms with van der Waals surface area (Å²) in [5.74, 6) is 0.193. The van der Waals surface area contributed by atoms with E-state index in [0.717, 1.165) is 4.90 Å². The minimum atomic E-state index is -0.234. The fourth-order valence-electron chi connectivity index (χ4n) is 1.27. The molecule has 0 saturated heterocycles. The van der Waals surface area contributed by atoms with Gasteiger partial charge in [-0.2, -0.15) is 0 Å². The molecule has 0 aliphatic heterocycles. The van der Waals surface area contributed by atoms with Crippen LogP contribution in [0.1, 0.15) is 27.7 Å². The Bertz CT molecular complexity index is 399. The minimum Gasteiger partial charge on any atom is -0.507 e. The molecule has 0 aliphatic rings. The average molecular weight is 253 g/mol. The van der Waals surface area contributed by atoms with Gasteiger partial charge >= 0.3 is 0 Å². The summed E-state index contributed by atoms with van der Waals surface area (Å²) in [4.78, 5) is 12.6. The molecule has 0 aliphatic carbocycles. The molecule has 1 atom stereocenters. The molecular formula is C13H19NO2S. The van der Waals surface area contributed by atoms with Crippen molar-refractivity contribution in [2.45, 2.75) is 43.4 Å². The van der Waals surface area contributed by atoms with Gasteiger partial charge in [0.2, 0.25) is 5.91 Å². The molecule has 3 nitrogen and oxygen atoms in total. The lowest BCUT2D eigenvalue weighted by Crippen LogP contribution is -2.44. The van der Waals surface area contributed by atoms with Gasteiger partial charge in [-0.3, -0.25) is 4.79 Å². The molecule has 4 heteroatoms. The van der Waals surface area contributed by atoms with E-state index < -0.39 is 0 Å². The van der Waals surface area contributed by atoms with Gasteiger partial charge in [-0.25, -0.2) is 0 Å². The summed E-state index contributed by atoms with van der Waals surface area (Å²) < 4.78 is 0. The van der Waals surface area contributed by atoms with E-state index in [9.17, 15) is 9.90 Å². The van der Waals surface area contributed by atoms with E-state index in [-0.39, 0.29) is 22.4 Å². The second-order valence-electron chi connectivity index (χ2n) is 4.97. The van der Waals surface area contributed by atoms with E-state index in [1.165, 1.54) is 11.8 Å². The first-order chi connectivity index (χ1) is 7.79. The highest BCUT2D eigenvalue weighted by Crippen LogP contribution is 2.31. The number of para-hydroxylation sites is 1. The molecule has 94 valence electrons. The SMILES string of the molecule is CC(Sc1ccccc1O)C(=O)NC(C)(C)C. The van der Waals surface area contributed by atoms with Crippen LogP contribution in [0.2, 0.25) is 0 Å². The maximum Gasteiger partial charge on any atom is 0.233 e.